The van der Waals surface area contributed by atoms with Crippen molar-refractivity contribution in [1.29, 1.82) is 0 Å². The number of carbonyl (C=O) groups is 1. The van der Waals surface area contributed by atoms with E-state index in [0.717, 1.165) is 16.6 Å². The Kier molecular flexibility index (Phi) is 4.85. The minimum atomic E-state index is -0.587. The molecule has 2 aromatic carbocycles. The van der Waals surface area contributed by atoms with Crippen molar-refractivity contribution in [2.75, 3.05) is 12.4 Å². The van der Waals surface area contributed by atoms with Crippen molar-refractivity contribution in [1.82, 2.24) is 25.1 Å². The van der Waals surface area contributed by atoms with Gasteiger partial charge < -0.3 is 10.2 Å². The Morgan fingerprint density at radius 3 is 2.81 bits per heavy atom. The average molecular weight is 430 g/mol. The monoisotopic (exact) mass is 430 g/mol. The van der Waals surface area contributed by atoms with Crippen LogP contribution >= 0.6 is 0 Å². The lowest BCUT2D eigenvalue weighted by molar-refractivity contribution is 0.0745. The second-order valence-electron chi connectivity index (χ2n) is 7.61. The molecule has 0 atom stereocenters. The van der Waals surface area contributed by atoms with E-state index in [-0.39, 0.29) is 11.1 Å². The van der Waals surface area contributed by atoms with Crippen molar-refractivity contribution in [3.8, 4) is 0 Å². The predicted octanol–water partition coefficient (Wildman–Crippen LogP) is 2.64. The molecule has 0 bridgehead atoms. The first-order chi connectivity index (χ1) is 15.5. The molecule has 0 saturated heterocycles. The number of anilines is 1. The van der Waals surface area contributed by atoms with Gasteiger partial charge in [0, 0.05) is 37.2 Å². The third-order valence-electron chi connectivity index (χ3n) is 5.57. The number of carbonyl (C=O) groups excluding carboxylic acids is 1. The first kappa shape index (κ1) is 19.8. The number of aromatic nitrogens is 4. The molecule has 2 N–H and O–H groups in total. The van der Waals surface area contributed by atoms with Crippen LogP contribution in [0.25, 0.3) is 10.8 Å². The zero-order valence-electron chi connectivity index (χ0n) is 17.2. The fraction of sp³-hybridized carbons (Fsp3) is 0.174. The van der Waals surface area contributed by atoms with Gasteiger partial charge in [-0.2, -0.15) is 5.10 Å². The van der Waals surface area contributed by atoms with Gasteiger partial charge in [-0.05, 0) is 23.8 Å². The molecule has 8 nitrogen and oxygen atoms in total. The van der Waals surface area contributed by atoms with Gasteiger partial charge >= 0.3 is 0 Å². The van der Waals surface area contributed by atoms with E-state index in [9.17, 15) is 14.0 Å². The SMILES string of the molecule is CNc1ncc2c(n1)CN(C(=O)c1cc(Cc3n[nH]c(=O)c4ccccc34)ccc1F)C2. The molecule has 3 heterocycles. The summed E-state index contributed by atoms with van der Waals surface area (Å²) in [5, 5.41) is 10.8. The summed E-state index contributed by atoms with van der Waals surface area (Å²) in [6.45, 7) is 0.620. The molecule has 1 aliphatic heterocycles. The number of amides is 1. The van der Waals surface area contributed by atoms with E-state index in [1.807, 2.05) is 12.1 Å². The number of hydrogen-bond acceptors (Lipinski definition) is 6. The van der Waals surface area contributed by atoms with Crippen molar-refractivity contribution >= 4 is 22.6 Å². The molecule has 0 aliphatic carbocycles. The minimum absolute atomic E-state index is 0.00849. The van der Waals surface area contributed by atoms with Gasteiger partial charge in [0.2, 0.25) is 5.95 Å². The third-order valence-corrected chi connectivity index (χ3v) is 5.57. The third kappa shape index (κ3) is 3.47. The van der Waals surface area contributed by atoms with Crippen LogP contribution in [0.1, 0.15) is 32.9 Å². The fourth-order valence-corrected chi connectivity index (χ4v) is 3.93. The number of nitrogens with zero attached hydrogens (tertiary/aromatic N) is 4. The highest BCUT2D eigenvalue weighted by atomic mass is 19.1. The Balaban J connectivity index is 1.43. The lowest BCUT2D eigenvalue weighted by atomic mass is 10.0. The number of aromatic amines is 1. The van der Waals surface area contributed by atoms with E-state index in [2.05, 4.69) is 25.5 Å². The van der Waals surface area contributed by atoms with Gasteiger partial charge in [0.1, 0.15) is 5.82 Å². The quantitative estimate of drug-likeness (QED) is 0.516. The van der Waals surface area contributed by atoms with Gasteiger partial charge in [-0.25, -0.2) is 19.5 Å². The van der Waals surface area contributed by atoms with Crippen molar-refractivity contribution in [2.24, 2.45) is 0 Å². The van der Waals surface area contributed by atoms with Gasteiger partial charge in [0.15, 0.2) is 0 Å². The standard InChI is InChI=1S/C23H19FN6O2/c1-25-23-26-10-14-11-30(12-20(14)27-23)22(32)17-8-13(6-7-18(17)24)9-19-15-4-2-3-5-16(15)21(31)29-28-19/h2-8,10H,9,11-12H2,1H3,(H,29,31)(H,25,26,27). The lowest BCUT2D eigenvalue weighted by Gasteiger charge is -2.16. The van der Waals surface area contributed by atoms with Gasteiger partial charge in [-0.3, -0.25) is 9.59 Å². The second kappa shape index (κ2) is 7.84. The molecule has 0 unspecified atom stereocenters. The van der Waals surface area contributed by atoms with Crippen LogP contribution in [0.2, 0.25) is 0 Å². The smallest absolute Gasteiger partial charge is 0.272 e. The zero-order chi connectivity index (χ0) is 22.2. The molecule has 0 fully saturated rings. The Morgan fingerprint density at radius 2 is 2.00 bits per heavy atom. The van der Waals surface area contributed by atoms with Gasteiger partial charge in [0.05, 0.1) is 28.9 Å². The van der Waals surface area contributed by atoms with Crippen LogP contribution in [-0.2, 0) is 19.5 Å². The molecule has 0 saturated carbocycles. The number of halogens is 1. The normalized spacial score (nSPS) is 12.8. The number of rotatable bonds is 4. The molecule has 32 heavy (non-hydrogen) atoms. The predicted molar refractivity (Wildman–Crippen MR) is 117 cm³/mol. The first-order valence-corrected chi connectivity index (χ1v) is 10.1. The summed E-state index contributed by atoms with van der Waals surface area (Å²) in [6.07, 6.45) is 2.02. The number of H-pyrrole nitrogens is 1. The Bertz CT molecular complexity index is 1420. The molecule has 9 heteroatoms. The molecule has 5 rings (SSSR count). The van der Waals surface area contributed by atoms with Crippen LogP contribution in [0.15, 0.2) is 53.5 Å². The van der Waals surface area contributed by atoms with Crippen molar-refractivity contribution in [3.63, 3.8) is 0 Å². The van der Waals surface area contributed by atoms with Crippen LogP contribution in [-0.4, -0.2) is 38.0 Å². The van der Waals surface area contributed by atoms with Gasteiger partial charge in [-0.1, -0.05) is 24.3 Å². The molecule has 1 amide bonds. The summed E-state index contributed by atoms with van der Waals surface area (Å²) in [5.41, 5.74) is 2.68. The van der Waals surface area contributed by atoms with Gasteiger partial charge in [-0.15, -0.1) is 0 Å². The number of nitrogens with one attached hydrogen (secondary N) is 2. The molecule has 0 radical (unpaired) electrons. The van der Waals surface area contributed by atoms with Crippen molar-refractivity contribution in [3.05, 3.63) is 92.9 Å². The maximum Gasteiger partial charge on any atom is 0.272 e. The van der Waals surface area contributed by atoms with E-state index < -0.39 is 11.7 Å². The lowest BCUT2D eigenvalue weighted by Crippen LogP contribution is -2.26. The van der Waals surface area contributed by atoms with Crippen LogP contribution in [0, 0.1) is 5.82 Å². The average Bonchev–Trinajstić information content (AvgIpc) is 3.25. The summed E-state index contributed by atoms with van der Waals surface area (Å²) >= 11 is 0. The maximum absolute atomic E-state index is 14.6. The minimum Gasteiger partial charge on any atom is -0.357 e. The summed E-state index contributed by atoms with van der Waals surface area (Å²) in [6, 6.07) is 11.6. The number of benzene rings is 2. The van der Waals surface area contributed by atoms with E-state index in [1.165, 1.54) is 6.07 Å². The van der Waals surface area contributed by atoms with Crippen molar-refractivity contribution < 1.29 is 9.18 Å². The molecular weight excluding hydrogens is 411 g/mol. The summed E-state index contributed by atoms with van der Waals surface area (Å²) < 4.78 is 14.6. The second-order valence-corrected chi connectivity index (χ2v) is 7.61. The van der Waals surface area contributed by atoms with Crippen LogP contribution in [0.5, 0.6) is 0 Å². The molecule has 1 aliphatic rings. The maximum atomic E-state index is 14.6. The first-order valence-electron chi connectivity index (χ1n) is 10.1. The van der Waals surface area contributed by atoms with Gasteiger partial charge in [0.25, 0.3) is 11.5 Å². The Morgan fingerprint density at radius 1 is 1.19 bits per heavy atom. The molecule has 160 valence electrons. The number of fused-ring (bicyclic) bond motifs is 2. The van der Waals surface area contributed by atoms with Crippen LogP contribution in [0.4, 0.5) is 10.3 Å². The van der Waals surface area contributed by atoms with E-state index >= 15 is 0 Å². The van der Waals surface area contributed by atoms with E-state index in [0.29, 0.717) is 42.1 Å². The Labute approximate surface area is 182 Å². The molecular formula is C23H19FN6O2. The van der Waals surface area contributed by atoms with Crippen LogP contribution < -0.4 is 10.9 Å². The van der Waals surface area contributed by atoms with E-state index in [4.69, 9.17) is 0 Å². The number of hydrogen-bond donors (Lipinski definition) is 2. The Hall–Kier alpha value is -4.14. The fourth-order valence-electron chi connectivity index (χ4n) is 3.93. The molecule has 4 aromatic rings. The highest BCUT2D eigenvalue weighted by Crippen LogP contribution is 2.25. The highest BCUT2D eigenvalue weighted by Gasteiger charge is 2.28. The van der Waals surface area contributed by atoms with E-state index in [1.54, 1.807) is 42.4 Å². The van der Waals surface area contributed by atoms with Crippen molar-refractivity contribution in [2.45, 2.75) is 19.5 Å². The molecule has 2 aromatic heterocycles. The summed E-state index contributed by atoms with van der Waals surface area (Å²) in [5.74, 6) is -0.518. The van der Waals surface area contributed by atoms with Crippen LogP contribution in [0.3, 0.4) is 0 Å². The largest absolute Gasteiger partial charge is 0.357 e. The summed E-state index contributed by atoms with van der Waals surface area (Å²) in [7, 11) is 1.72. The topological polar surface area (TPSA) is 104 Å². The zero-order valence-corrected chi connectivity index (χ0v) is 17.2. The molecule has 0 spiro atoms. The highest BCUT2D eigenvalue weighted by molar-refractivity contribution is 5.95. The summed E-state index contributed by atoms with van der Waals surface area (Å²) in [4.78, 5) is 35.2.